The Bertz CT molecular complexity index is 2680. The molecule has 5 aromatic carbocycles. The summed E-state index contributed by atoms with van der Waals surface area (Å²) >= 11 is 0. The van der Waals surface area contributed by atoms with E-state index >= 15 is 0 Å². The quantitative estimate of drug-likeness (QED) is 0.173. The van der Waals surface area contributed by atoms with E-state index in [0.29, 0.717) is 6.67 Å². The Hall–Kier alpha value is -6.40. The summed E-state index contributed by atoms with van der Waals surface area (Å²) in [5.74, 6) is 2.35. The fourth-order valence-electron chi connectivity index (χ4n) is 8.25. The van der Waals surface area contributed by atoms with E-state index in [0.717, 1.165) is 56.6 Å². The number of para-hydroxylation sites is 2. The maximum absolute atomic E-state index is 6.83. The minimum Gasteiger partial charge on any atom is -0.457 e. The molecule has 6 heteroatoms. The number of aromatic nitrogens is 2. The van der Waals surface area contributed by atoms with Crippen molar-refractivity contribution in [2.75, 3.05) is 21.4 Å². The van der Waals surface area contributed by atoms with Crippen molar-refractivity contribution in [3.8, 4) is 33.8 Å². The van der Waals surface area contributed by atoms with Gasteiger partial charge in [0.05, 0.1) is 22.7 Å². The third kappa shape index (κ3) is 7.11. The van der Waals surface area contributed by atoms with Gasteiger partial charge in [0.25, 0.3) is 0 Å². The first-order valence-electron chi connectivity index (χ1n) is 20.7. The van der Waals surface area contributed by atoms with Crippen molar-refractivity contribution in [1.29, 1.82) is 0 Å². The monoisotopic (exact) mass is 775 g/mol. The van der Waals surface area contributed by atoms with Crippen LogP contribution in [-0.4, -0.2) is 16.6 Å². The Morgan fingerprint density at radius 2 is 1.08 bits per heavy atom. The lowest BCUT2D eigenvalue weighted by Gasteiger charge is -2.29. The summed E-state index contributed by atoms with van der Waals surface area (Å²) in [6.07, 6.45) is 5.75. The van der Waals surface area contributed by atoms with Crippen LogP contribution in [0.15, 0.2) is 146 Å². The van der Waals surface area contributed by atoms with Gasteiger partial charge < -0.3 is 14.5 Å². The van der Waals surface area contributed by atoms with Gasteiger partial charge in [0, 0.05) is 53.2 Å². The fraction of sp³-hybridized carbons (Fsp3) is 0.245. The van der Waals surface area contributed by atoms with Crippen molar-refractivity contribution < 1.29 is 4.74 Å². The second-order valence-electron chi connectivity index (χ2n) is 19.0. The topological polar surface area (TPSA) is 44.7 Å². The van der Waals surface area contributed by atoms with Crippen molar-refractivity contribution in [3.05, 3.63) is 163 Å². The van der Waals surface area contributed by atoms with Gasteiger partial charge in [-0.2, -0.15) is 0 Å². The first-order valence-corrected chi connectivity index (χ1v) is 20.7. The van der Waals surface area contributed by atoms with Gasteiger partial charge in [-0.25, -0.2) is 4.98 Å². The lowest BCUT2D eigenvalue weighted by atomic mass is 9.80. The largest absolute Gasteiger partial charge is 0.457 e. The summed E-state index contributed by atoms with van der Waals surface area (Å²) in [7, 11) is 0. The molecule has 0 spiro atoms. The number of fused-ring (bicyclic) bond motifs is 6. The Morgan fingerprint density at radius 1 is 0.458 bits per heavy atom. The summed E-state index contributed by atoms with van der Waals surface area (Å²) in [6.45, 7) is 21.2. The number of pyridine rings is 2. The van der Waals surface area contributed by atoms with Crippen LogP contribution < -0.4 is 19.4 Å². The molecule has 296 valence electrons. The number of hydrogen-bond acceptors (Lipinski definition) is 6. The van der Waals surface area contributed by atoms with Crippen molar-refractivity contribution in [3.63, 3.8) is 0 Å². The van der Waals surface area contributed by atoms with Gasteiger partial charge in [-0.3, -0.25) is 9.88 Å². The van der Waals surface area contributed by atoms with Gasteiger partial charge in [-0.05, 0) is 111 Å². The zero-order valence-electron chi connectivity index (χ0n) is 35.7. The van der Waals surface area contributed by atoms with Crippen LogP contribution in [0.1, 0.15) is 79.0 Å². The van der Waals surface area contributed by atoms with E-state index in [1.54, 1.807) is 0 Å². The molecule has 0 atom stereocenters. The molecule has 6 nitrogen and oxygen atoms in total. The van der Waals surface area contributed by atoms with E-state index in [4.69, 9.17) is 9.72 Å². The maximum Gasteiger partial charge on any atom is 0.137 e. The van der Waals surface area contributed by atoms with Crippen LogP contribution in [-0.2, 0) is 16.2 Å². The van der Waals surface area contributed by atoms with Gasteiger partial charge >= 0.3 is 0 Å². The first-order chi connectivity index (χ1) is 28.1. The summed E-state index contributed by atoms with van der Waals surface area (Å²) in [4.78, 5) is 16.7. The van der Waals surface area contributed by atoms with Crippen molar-refractivity contribution >= 4 is 39.9 Å². The second-order valence-corrected chi connectivity index (χ2v) is 19.0. The minimum absolute atomic E-state index is 0.0183. The average molecular weight is 776 g/mol. The molecule has 7 aromatic rings. The maximum atomic E-state index is 6.83. The van der Waals surface area contributed by atoms with Crippen molar-refractivity contribution in [1.82, 2.24) is 9.97 Å². The molecule has 2 aliphatic rings. The van der Waals surface area contributed by atoms with E-state index in [-0.39, 0.29) is 16.2 Å². The fourth-order valence-corrected chi connectivity index (χ4v) is 8.25. The Labute approximate surface area is 349 Å². The van der Waals surface area contributed by atoms with Gasteiger partial charge in [0.2, 0.25) is 0 Å². The molecule has 2 aliphatic heterocycles. The molecular weight excluding hydrogens is 723 g/mol. The van der Waals surface area contributed by atoms with E-state index in [2.05, 4.69) is 203 Å². The normalized spacial score (nSPS) is 13.7. The predicted octanol–water partition coefficient (Wildman–Crippen LogP) is 14.5. The van der Waals surface area contributed by atoms with E-state index in [1.807, 2.05) is 24.7 Å². The Morgan fingerprint density at radius 3 is 1.76 bits per heavy atom. The lowest BCUT2D eigenvalue weighted by Crippen LogP contribution is -2.25. The molecular formula is C53H53N5O. The SMILES string of the molecule is CC(C)(C)c1cc(N2CN(c3cccc(Oc4ccc5c(c4)N(c4cc(C(C)(C)C)ccn4)c4ccncc4-c4ccccc4-5)c3)c3ccccc32)cc(C(C)(C)C)c1. The Balaban J connectivity index is 1.10. The van der Waals surface area contributed by atoms with E-state index in [1.165, 1.54) is 33.8 Å². The minimum atomic E-state index is -0.0505. The third-order valence-corrected chi connectivity index (χ3v) is 11.7. The molecule has 0 saturated heterocycles. The van der Waals surface area contributed by atoms with E-state index in [9.17, 15) is 0 Å². The average Bonchev–Trinajstić information content (AvgIpc) is 3.55. The zero-order valence-corrected chi connectivity index (χ0v) is 35.7. The molecule has 0 radical (unpaired) electrons. The number of anilines is 7. The molecule has 9 rings (SSSR count). The molecule has 0 unspecified atom stereocenters. The van der Waals surface area contributed by atoms with Crippen LogP contribution in [0.2, 0.25) is 0 Å². The number of nitrogens with zero attached hydrogens (tertiary/aromatic N) is 5. The van der Waals surface area contributed by atoms with Crippen LogP contribution in [0.3, 0.4) is 0 Å². The highest BCUT2D eigenvalue weighted by Gasteiger charge is 2.31. The summed E-state index contributed by atoms with van der Waals surface area (Å²) < 4.78 is 6.83. The molecule has 0 saturated carbocycles. The third-order valence-electron chi connectivity index (χ3n) is 11.7. The molecule has 59 heavy (non-hydrogen) atoms. The molecule has 4 heterocycles. The highest BCUT2D eigenvalue weighted by atomic mass is 16.5. The smallest absolute Gasteiger partial charge is 0.137 e. The highest BCUT2D eigenvalue weighted by molar-refractivity contribution is 6.02. The summed E-state index contributed by atoms with van der Waals surface area (Å²) in [5.41, 5.74) is 14.9. The number of rotatable bonds is 5. The molecule has 2 aromatic heterocycles. The lowest BCUT2D eigenvalue weighted by molar-refractivity contribution is 0.483. The second kappa shape index (κ2) is 14.2. The van der Waals surface area contributed by atoms with Crippen LogP contribution >= 0.6 is 0 Å². The highest BCUT2D eigenvalue weighted by Crippen LogP contribution is 2.52. The predicted molar refractivity (Wildman–Crippen MR) is 246 cm³/mol. The van der Waals surface area contributed by atoms with Crippen molar-refractivity contribution in [2.24, 2.45) is 0 Å². The molecule has 0 aliphatic carbocycles. The van der Waals surface area contributed by atoms with Gasteiger partial charge in [-0.15, -0.1) is 0 Å². The van der Waals surface area contributed by atoms with Gasteiger partial charge in [-0.1, -0.05) is 111 Å². The molecule has 0 amide bonds. The summed E-state index contributed by atoms with van der Waals surface area (Å²) in [5, 5.41) is 0. The number of hydrogen-bond donors (Lipinski definition) is 0. The van der Waals surface area contributed by atoms with Crippen molar-refractivity contribution in [2.45, 2.75) is 78.6 Å². The van der Waals surface area contributed by atoms with E-state index < -0.39 is 0 Å². The number of benzene rings is 5. The van der Waals surface area contributed by atoms with Crippen LogP contribution in [0.5, 0.6) is 11.5 Å². The van der Waals surface area contributed by atoms with Crippen LogP contribution in [0, 0.1) is 0 Å². The van der Waals surface area contributed by atoms with Crippen LogP contribution in [0.25, 0.3) is 22.3 Å². The van der Waals surface area contributed by atoms with Gasteiger partial charge in [0.1, 0.15) is 24.0 Å². The molecule has 0 N–H and O–H groups in total. The number of ether oxygens (including phenoxy) is 1. The molecule has 0 fully saturated rings. The van der Waals surface area contributed by atoms with Crippen LogP contribution in [0.4, 0.5) is 39.9 Å². The molecule has 0 bridgehead atoms. The summed E-state index contributed by atoms with van der Waals surface area (Å²) in [6, 6.07) is 45.7. The standard InChI is InChI=1S/C53H53N5O/c1-51(2,3)35-23-26-55-50(30-35)58-46-24-25-54-33-45(46)43-18-11-10-17-42(43)44-22-21-41(32-49(44)58)59-40-16-14-15-38(31-40)56-34-57(48-20-13-12-19-47(48)56)39-28-36(52(4,5)6)27-37(29-39)53(7,8)9/h10-33H,34H2,1-9H3. The first kappa shape index (κ1) is 38.1. The zero-order chi connectivity index (χ0) is 41.3. The van der Waals surface area contributed by atoms with Gasteiger partial charge in [0.15, 0.2) is 0 Å². The Kier molecular flexibility index (Phi) is 9.15.